The van der Waals surface area contributed by atoms with Crippen molar-refractivity contribution in [3.8, 4) is 11.3 Å². The first-order valence-corrected chi connectivity index (χ1v) is 6.58. The molecule has 1 heterocycles. The molecule has 0 bridgehead atoms. The average molecular weight is 242 g/mol. The van der Waals surface area contributed by atoms with Gasteiger partial charge in [-0.3, -0.25) is 0 Å². The minimum Gasteiger partial charge on any atom is -0.345 e. The number of hydrogen-bond donors (Lipinski definition) is 1. The van der Waals surface area contributed by atoms with Gasteiger partial charge in [0.25, 0.3) is 0 Å². The maximum atomic E-state index is 4.05. The highest BCUT2D eigenvalue weighted by atomic mass is 14.9. The molecule has 2 aromatic rings. The van der Waals surface area contributed by atoms with Crippen LogP contribution in [0.15, 0.2) is 36.8 Å². The number of aromatic nitrogens is 2. The highest BCUT2D eigenvalue weighted by Gasteiger charge is 2.21. The zero-order valence-corrected chi connectivity index (χ0v) is 11.7. The zero-order chi connectivity index (χ0) is 13.2. The summed E-state index contributed by atoms with van der Waals surface area (Å²) in [6.45, 7) is 9.19. The van der Waals surface area contributed by atoms with E-state index in [1.165, 1.54) is 17.5 Å². The molecule has 2 nitrogen and oxygen atoms in total. The maximum Gasteiger partial charge on any atom is 0.0924 e. The van der Waals surface area contributed by atoms with Crippen LogP contribution in [0.2, 0.25) is 0 Å². The summed E-state index contributed by atoms with van der Waals surface area (Å²) in [4.78, 5) is 7.19. The lowest BCUT2D eigenvalue weighted by molar-refractivity contribution is 0.400. The first-order valence-electron chi connectivity index (χ1n) is 6.58. The number of nitrogens with one attached hydrogen (secondary N) is 1. The molecule has 0 atom stereocenters. The molecule has 0 fully saturated rings. The number of benzene rings is 1. The topological polar surface area (TPSA) is 28.7 Å². The lowest BCUT2D eigenvalue weighted by atomic mass is 9.78. The first kappa shape index (κ1) is 12.9. The molecule has 1 aromatic carbocycles. The molecule has 0 unspecified atom stereocenters. The zero-order valence-electron chi connectivity index (χ0n) is 11.7. The van der Waals surface area contributed by atoms with E-state index >= 15 is 0 Å². The van der Waals surface area contributed by atoms with Crippen molar-refractivity contribution in [2.24, 2.45) is 5.92 Å². The Morgan fingerprint density at radius 1 is 1.17 bits per heavy atom. The van der Waals surface area contributed by atoms with Gasteiger partial charge in [0.05, 0.1) is 18.2 Å². The molecule has 2 heteroatoms. The minimum absolute atomic E-state index is 0.237. The Hall–Kier alpha value is -1.57. The Kier molecular flexibility index (Phi) is 3.55. The second kappa shape index (κ2) is 4.97. The lowest BCUT2D eigenvalue weighted by Crippen LogP contribution is -2.19. The minimum atomic E-state index is 0.237. The van der Waals surface area contributed by atoms with E-state index in [0.717, 1.165) is 5.69 Å². The molecule has 18 heavy (non-hydrogen) atoms. The molecular formula is C16H22N2. The molecule has 0 aliphatic rings. The van der Waals surface area contributed by atoms with Crippen LogP contribution in [0.4, 0.5) is 0 Å². The van der Waals surface area contributed by atoms with Gasteiger partial charge in [-0.1, -0.05) is 52.0 Å². The van der Waals surface area contributed by atoms with Gasteiger partial charge in [-0.15, -0.1) is 0 Å². The van der Waals surface area contributed by atoms with Crippen LogP contribution in [0, 0.1) is 5.92 Å². The molecule has 2 rings (SSSR count). The molecule has 0 spiro atoms. The molecule has 1 N–H and O–H groups in total. The van der Waals surface area contributed by atoms with Crippen LogP contribution in [0.25, 0.3) is 11.3 Å². The highest BCUT2D eigenvalue weighted by molar-refractivity contribution is 5.58. The summed E-state index contributed by atoms with van der Waals surface area (Å²) in [6.07, 6.45) is 4.77. The van der Waals surface area contributed by atoms with Crippen molar-refractivity contribution < 1.29 is 0 Å². The van der Waals surface area contributed by atoms with E-state index in [4.69, 9.17) is 0 Å². The van der Waals surface area contributed by atoms with Gasteiger partial charge in [0, 0.05) is 0 Å². The van der Waals surface area contributed by atoms with E-state index in [-0.39, 0.29) is 5.41 Å². The summed E-state index contributed by atoms with van der Waals surface area (Å²) < 4.78 is 0. The lowest BCUT2D eigenvalue weighted by Gasteiger charge is -2.27. The second-order valence-electron chi connectivity index (χ2n) is 6.02. The summed E-state index contributed by atoms with van der Waals surface area (Å²) in [5.41, 5.74) is 3.90. The number of H-pyrrole nitrogens is 1. The van der Waals surface area contributed by atoms with E-state index in [2.05, 4.69) is 61.9 Å². The number of imidazole rings is 1. The van der Waals surface area contributed by atoms with Crippen molar-refractivity contribution in [1.29, 1.82) is 0 Å². The standard InChI is InChI=1S/C16H22N2/c1-12(2)9-16(3,4)14-7-5-13(6-8-14)15-10-17-11-18-15/h5-8,10-12H,9H2,1-4H3,(H,17,18). The monoisotopic (exact) mass is 242 g/mol. The summed E-state index contributed by atoms with van der Waals surface area (Å²) >= 11 is 0. The SMILES string of the molecule is CC(C)CC(C)(C)c1ccc(-c2cnc[nH]2)cc1. The van der Waals surface area contributed by atoms with E-state index in [0.29, 0.717) is 5.92 Å². The second-order valence-corrected chi connectivity index (χ2v) is 6.02. The van der Waals surface area contributed by atoms with Gasteiger partial charge in [-0.25, -0.2) is 4.98 Å². The molecule has 96 valence electrons. The molecule has 0 saturated heterocycles. The van der Waals surface area contributed by atoms with Gasteiger partial charge in [0.2, 0.25) is 0 Å². The fourth-order valence-electron chi connectivity index (χ4n) is 2.65. The van der Waals surface area contributed by atoms with Crippen LogP contribution in [0.3, 0.4) is 0 Å². The predicted octanol–water partition coefficient (Wildman–Crippen LogP) is 4.40. The van der Waals surface area contributed by atoms with Crippen LogP contribution >= 0.6 is 0 Å². The van der Waals surface area contributed by atoms with Gasteiger partial charge >= 0.3 is 0 Å². The smallest absolute Gasteiger partial charge is 0.0924 e. The summed E-state index contributed by atoms with van der Waals surface area (Å²) in [5, 5.41) is 0. The third-order valence-electron chi connectivity index (χ3n) is 3.39. The average Bonchev–Trinajstić information content (AvgIpc) is 2.81. The first-order chi connectivity index (χ1) is 8.49. The summed E-state index contributed by atoms with van der Waals surface area (Å²) in [6, 6.07) is 8.81. The summed E-state index contributed by atoms with van der Waals surface area (Å²) in [7, 11) is 0. The fourth-order valence-corrected chi connectivity index (χ4v) is 2.65. The van der Waals surface area contributed by atoms with E-state index in [1.807, 2.05) is 6.20 Å². The van der Waals surface area contributed by atoms with Gasteiger partial charge in [0.15, 0.2) is 0 Å². The van der Waals surface area contributed by atoms with Crippen LogP contribution in [-0.2, 0) is 5.41 Å². The molecular weight excluding hydrogens is 220 g/mol. The third kappa shape index (κ3) is 2.81. The van der Waals surface area contributed by atoms with Crippen molar-refractivity contribution in [3.63, 3.8) is 0 Å². The van der Waals surface area contributed by atoms with Crippen molar-refractivity contribution in [2.45, 2.75) is 39.5 Å². The molecule has 0 aliphatic heterocycles. The largest absolute Gasteiger partial charge is 0.345 e. The Labute approximate surface area is 109 Å². The van der Waals surface area contributed by atoms with E-state index in [1.54, 1.807) is 6.33 Å². The van der Waals surface area contributed by atoms with Gasteiger partial charge in [0.1, 0.15) is 0 Å². The Morgan fingerprint density at radius 2 is 1.83 bits per heavy atom. The Bertz CT molecular complexity index is 478. The highest BCUT2D eigenvalue weighted by Crippen LogP contribution is 2.31. The Balaban J connectivity index is 2.22. The third-order valence-corrected chi connectivity index (χ3v) is 3.39. The molecule has 0 radical (unpaired) electrons. The van der Waals surface area contributed by atoms with Crippen LogP contribution < -0.4 is 0 Å². The number of rotatable bonds is 4. The molecule has 0 aliphatic carbocycles. The van der Waals surface area contributed by atoms with Crippen molar-refractivity contribution in [2.75, 3.05) is 0 Å². The quantitative estimate of drug-likeness (QED) is 0.845. The van der Waals surface area contributed by atoms with Crippen LogP contribution in [0.1, 0.15) is 39.7 Å². The fraction of sp³-hybridized carbons (Fsp3) is 0.438. The predicted molar refractivity (Wildman–Crippen MR) is 76.5 cm³/mol. The normalized spacial score (nSPS) is 12.1. The molecule has 0 amide bonds. The number of nitrogens with zero attached hydrogens (tertiary/aromatic N) is 1. The van der Waals surface area contributed by atoms with Crippen molar-refractivity contribution >= 4 is 0 Å². The number of aromatic amines is 1. The number of hydrogen-bond acceptors (Lipinski definition) is 1. The molecule has 0 saturated carbocycles. The Morgan fingerprint density at radius 3 is 2.33 bits per heavy atom. The summed E-state index contributed by atoms with van der Waals surface area (Å²) in [5.74, 6) is 0.715. The van der Waals surface area contributed by atoms with Crippen molar-refractivity contribution in [1.82, 2.24) is 9.97 Å². The van der Waals surface area contributed by atoms with Gasteiger partial charge in [-0.05, 0) is 28.9 Å². The van der Waals surface area contributed by atoms with E-state index in [9.17, 15) is 0 Å². The van der Waals surface area contributed by atoms with Gasteiger partial charge < -0.3 is 4.98 Å². The van der Waals surface area contributed by atoms with E-state index < -0.39 is 0 Å². The maximum absolute atomic E-state index is 4.05. The van der Waals surface area contributed by atoms with Crippen molar-refractivity contribution in [3.05, 3.63) is 42.4 Å². The van der Waals surface area contributed by atoms with Crippen LogP contribution in [0.5, 0.6) is 0 Å². The van der Waals surface area contributed by atoms with Gasteiger partial charge in [-0.2, -0.15) is 0 Å². The van der Waals surface area contributed by atoms with Crippen LogP contribution in [-0.4, -0.2) is 9.97 Å². The molecule has 1 aromatic heterocycles.